The standard InChI is InChI=1S/C11H10O3S/c1-7(11(12)13)15-10-6-14-9-5-3-2-4-8(9)10/h2-7H,1H3,(H,12,13). The molecule has 1 heterocycles. The molecule has 0 fully saturated rings. The molecule has 4 heteroatoms. The summed E-state index contributed by atoms with van der Waals surface area (Å²) in [5, 5.41) is 9.30. The summed E-state index contributed by atoms with van der Waals surface area (Å²) >= 11 is 1.29. The Morgan fingerprint density at radius 2 is 2.20 bits per heavy atom. The highest BCUT2D eigenvalue weighted by atomic mass is 32.2. The molecule has 2 aromatic rings. The highest BCUT2D eigenvalue weighted by Gasteiger charge is 2.15. The van der Waals surface area contributed by atoms with Gasteiger partial charge < -0.3 is 9.52 Å². The Morgan fingerprint density at radius 3 is 2.93 bits per heavy atom. The molecule has 3 nitrogen and oxygen atoms in total. The van der Waals surface area contributed by atoms with Crippen LogP contribution in [0.5, 0.6) is 0 Å². The van der Waals surface area contributed by atoms with Crippen molar-refractivity contribution >= 4 is 28.7 Å². The number of carboxylic acids is 1. The second-order valence-electron chi connectivity index (χ2n) is 3.19. The van der Waals surface area contributed by atoms with E-state index in [1.165, 1.54) is 11.8 Å². The maximum absolute atomic E-state index is 10.7. The predicted molar refractivity (Wildman–Crippen MR) is 59.2 cm³/mol. The van der Waals surface area contributed by atoms with Crippen LogP contribution in [0.1, 0.15) is 6.92 Å². The number of fused-ring (bicyclic) bond motifs is 1. The van der Waals surface area contributed by atoms with E-state index >= 15 is 0 Å². The van der Waals surface area contributed by atoms with E-state index in [4.69, 9.17) is 9.52 Å². The van der Waals surface area contributed by atoms with Gasteiger partial charge in [0.1, 0.15) is 17.1 Å². The number of para-hydroxylation sites is 1. The molecule has 0 saturated carbocycles. The molecule has 1 unspecified atom stereocenters. The Bertz CT molecular complexity index is 489. The van der Waals surface area contributed by atoms with Gasteiger partial charge in [0.25, 0.3) is 0 Å². The van der Waals surface area contributed by atoms with E-state index in [1.54, 1.807) is 13.2 Å². The van der Waals surface area contributed by atoms with Crippen LogP contribution in [0, 0.1) is 0 Å². The van der Waals surface area contributed by atoms with Crippen molar-refractivity contribution in [2.24, 2.45) is 0 Å². The van der Waals surface area contributed by atoms with Gasteiger partial charge in [0.05, 0.1) is 4.90 Å². The van der Waals surface area contributed by atoms with Crippen molar-refractivity contribution in [1.82, 2.24) is 0 Å². The van der Waals surface area contributed by atoms with Gasteiger partial charge in [0.2, 0.25) is 0 Å². The van der Waals surface area contributed by atoms with Crippen LogP contribution < -0.4 is 0 Å². The first-order chi connectivity index (χ1) is 7.18. The Labute approximate surface area is 91.1 Å². The summed E-state index contributed by atoms with van der Waals surface area (Å²) in [7, 11) is 0. The predicted octanol–water partition coefficient (Wildman–Crippen LogP) is 3.00. The van der Waals surface area contributed by atoms with Crippen molar-refractivity contribution in [2.75, 3.05) is 0 Å². The van der Waals surface area contributed by atoms with Gasteiger partial charge in [0, 0.05) is 5.39 Å². The fourth-order valence-corrected chi connectivity index (χ4v) is 2.17. The zero-order valence-electron chi connectivity index (χ0n) is 8.14. The molecular formula is C11H10O3S. The van der Waals surface area contributed by atoms with Gasteiger partial charge >= 0.3 is 5.97 Å². The number of furan rings is 1. The lowest BCUT2D eigenvalue weighted by Gasteiger charge is -2.02. The van der Waals surface area contributed by atoms with E-state index < -0.39 is 11.2 Å². The summed E-state index contributed by atoms with van der Waals surface area (Å²) in [6.45, 7) is 1.66. The quantitative estimate of drug-likeness (QED) is 0.811. The highest BCUT2D eigenvalue weighted by molar-refractivity contribution is 8.00. The molecule has 2 rings (SSSR count). The van der Waals surface area contributed by atoms with E-state index in [1.807, 2.05) is 24.3 Å². The van der Waals surface area contributed by atoms with Gasteiger partial charge in [-0.2, -0.15) is 0 Å². The molecule has 0 radical (unpaired) electrons. The number of aliphatic carboxylic acids is 1. The summed E-state index contributed by atoms with van der Waals surface area (Å²) in [5.74, 6) is -0.815. The van der Waals surface area contributed by atoms with E-state index in [-0.39, 0.29) is 0 Å². The topological polar surface area (TPSA) is 50.4 Å². The van der Waals surface area contributed by atoms with Crippen molar-refractivity contribution in [3.05, 3.63) is 30.5 Å². The maximum Gasteiger partial charge on any atom is 0.316 e. The fourth-order valence-electron chi connectivity index (χ4n) is 1.29. The number of carboxylic acid groups (broad SMARTS) is 1. The van der Waals surface area contributed by atoms with Crippen molar-refractivity contribution in [2.45, 2.75) is 17.1 Å². The largest absolute Gasteiger partial charge is 0.480 e. The summed E-state index contributed by atoms with van der Waals surface area (Å²) in [4.78, 5) is 11.6. The van der Waals surface area contributed by atoms with Crippen LogP contribution in [0.3, 0.4) is 0 Å². The molecule has 0 saturated heterocycles. The average molecular weight is 222 g/mol. The second-order valence-corrected chi connectivity index (χ2v) is 4.58. The first-order valence-corrected chi connectivity index (χ1v) is 5.42. The third-order valence-corrected chi connectivity index (χ3v) is 3.22. The lowest BCUT2D eigenvalue weighted by molar-refractivity contribution is -0.136. The summed E-state index contributed by atoms with van der Waals surface area (Å²) in [6.07, 6.45) is 1.61. The summed E-state index contributed by atoms with van der Waals surface area (Å²) in [5.41, 5.74) is 0.789. The zero-order chi connectivity index (χ0) is 10.8. The van der Waals surface area contributed by atoms with E-state index in [0.29, 0.717) is 0 Å². The third kappa shape index (κ3) is 1.99. The third-order valence-electron chi connectivity index (χ3n) is 2.10. The minimum atomic E-state index is -0.815. The number of hydrogen-bond acceptors (Lipinski definition) is 3. The van der Waals surface area contributed by atoms with Crippen molar-refractivity contribution < 1.29 is 14.3 Å². The molecular weight excluding hydrogens is 212 g/mol. The van der Waals surface area contributed by atoms with Crippen molar-refractivity contribution in [3.8, 4) is 0 Å². The summed E-state index contributed by atoms with van der Waals surface area (Å²) in [6, 6.07) is 7.59. The number of rotatable bonds is 3. The molecule has 1 atom stereocenters. The normalized spacial score (nSPS) is 12.9. The van der Waals surface area contributed by atoms with Crippen LogP contribution in [-0.4, -0.2) is 16.3 Å². The minimum absolute atomic E-state index is 0.467. The first-order valence-electron chi connectivity index (χ1n) is 4.54. The molecule has 78 valence electrons. The van der Waals surface area contributed by atoms with Crippen LogP contribution in [-0.2, 0) is 4.79 Å². The summed E-state index contributed by atoms with van der Waals surface area (Å²) < 4.78 is 5.32. The van der Waals surface area contributed by atoms with Crippen LogP contribution in [0.4, 0.5) is 0 Å². The van der Waals surface area contributed by atoms with Crippen molar-refractivity contribution in [1.29, 1.82) is 0 Å². The Hall–Kier alpha value is -1.42. The molecule has 0 bridgehead atoms. The molecule has 0 aliphatic carbocycles. The number of thioether (sulfide) groups is 1. The molecule has 1 N–H and O–H groups in total. The second kappa shape index (κ2) is 3.98. The Morgan fingerprint density at radius 1 is 1.47 bits per heavy atom. The molecule has 1 aromatic heterocycles. The first kappa shape index (κ1) is 10.1. The van der Waals surface area contributed by atoms with Gasteiger partial charge in [-0.15, -0.1) is 11.8 Å². The van der Waals surface area contributed by atoms with Crippen LogP contribution in [0.2, 0.25) is 0 Å². The van der Waals surface area contributed by atoms with E-state index in [9.17, 15) is 4.79 Å². The van der Waals surface area contributed by atoms with Crippen molar-refractivity contribution in [3.63, 3.8) is 0 Å². The smallest absolute Gasteiger partial charge is 0.316 e. The number of benzene rings is 1. The van der Waals surface area contributed by atoms with Gasteiger partial charge in [-0.25, -0.2) is 0 Å². The van der Waals surface area contributed by atoms with Crippen LogP contribution in [0.25, 0.3) is 11.0 Å². The fraction of sp³-hybridized carbons (Fsp3) is 0.182. The number of hydrogen-bond donors (Lipinski definition) is 1. The van der Waals surface area contributed by atoms with E-state index in [2.05, 4.69) is 0 Å². The molecule has 0 aliphatic heterocycles. The maximum atomic E-state index is 10.7. The molecule has 15 heavy (non-hydrogen) atoms. The van der Waals surface area contributed by atoms with Gasteiger partial charge in [0.15, 0.2) is 0 Å². The molecule has 0 spiro atoms. The van der Waals surface area contributed by atoms with Gasteiger partial charge in [-0.3, -0.25) is 4.79 Å². The average Bonchev–Trinajstić information content (AvgIpc) is 2.62. The van der Waals surface area contributed by atoms with Gasteiger partial charge in [-0.05, 0) is 19.1 Å². The minimum Gasteiger partial charge on any atom is -0.480 e. The van der Waals surface area contributed by atoms with E-state index in [0.717, 1.165) is 15.9 Å². The number of carbonyl (C=O) groups is 1. The monoisotopic (exact) mass is 222 g/mol. The van der Waals surface area contributed by atoms with Crippen LogP contribution in [0.15, 0.2) is 39.8 Å². The SMILES string of the molecule is CC(Sc1coc2ccccc12)C(=O)O. The molecule has 0 amide bonds. The Balaban J connectivity index is 2.32. The van der Waals surface area contributed by atoms with Gasteiger partial charge in [-0.1, -0.05) is 12.1 Å². The van der Waals surface area contributed by atoms with Crippen LogP contribution >= 0.6 is 11.8 Å². The molecule has 1 aromatic carbocycles. The zero-order valence-corrected chi connectivity index (χ0v) is 8.95. The molecule has 0 aliphatic rings. The highest BCUT2D eigenvalue weighted by Crippen LogP contribution is 2.32. The Kier molecular flexibility index (Phi) is 2.68. The lowest BCUT2D eigenvalue weighted by atomic mass is 10.3. The lowest BCUT2D eigenvalue weighted by Crippen LogP contribution is -2.10.